The summed E-state index contributed by atoms with van der Waals surface area (Å²) in [6, 6.07) is -2.24. The third-order valence-electron chi connectivity index (χ3n) is 1.42. The summed E-state index contributed by atoms with van der Waals surface area (Å²) < 4.78 is 0. The fourth-order valence-electron chi connectivity index (χ4n) is 0.674. The fourth-order valence-corrected chi connectivity index (χ4v) is 0.674. The quantitative estimate of drug-likeness (QED) is 0.460. The van der Waals surface area contributed by atoms with Gasteiger partial charge in [-0.2, -0.15) is 0 Å². The van der Waals surface area contributed by atoms with Gasteiger partial charge >= 0.3 is 0 Å². The van der Waals surface area contributed by atoms with Gasteiger partial charge in [-0.1, -0.05) is 0 Å². The molecule has 0 spiro atoms. The van der Waals surface area contributed by atoms with Crippen LogP contribution in [-0.4, -0.2) is 29.9 Å². The Hall–Kier alpha value is -1.63. The minimum Gasteiger partial charge on any atom is -0.550 e. The van der Waals surface area contributed by atoms with E-state index in [-0.39, 0.29) is 0 Å². The SMILES string of the molecule is C[C@H]([NH3+])C(=O)N[C@@H](CC(=O)[O-])C(=O)[O-]. The van der Waals surface area contributed by atoms with Crippen LogP contribution in [0.5, 0.6) is 0 Å². The molecule has 0 aliphatic rings. The number of rotatable bonds is 5. The van der Waals surface area contributed by atoms with Crippen LogP contribution < -0.4 is 21.3 Å². The van der Waals surface area contributed by atoms with Crippen molar-refractivity contribution in [2.24, 2.45) is 0 Å². The number of aliphatic carboxylic acids is 2. The maximum Gasteiger partial charge on any atom is 0.278 e. The van der Waals surface area contributed by atoms with Crippen molar-refractivity contribution in [2.45, 2.75) is 25.4 Å². The van der Waals surface area contributed by atoms with Crippen molar-refractivity contribution in [1.82, 2.24) is 5.32 Å². The molecule has 7 heteroatoms. The van der Waals surface area contributed by atoms with Gasteiger partial charge in [-0.05, 0) is 6.92 Å². The third kappa shape index (κ3) is 4.41. The molecular weight excluding hydrogens is 192 g/mol. The normalized spacial score (nSPS) is 14.1. The Bertz CT molecular complexity index is 250. The second-order valence-electron chi connectivity index (χ2n) is 2.86. The van der Waals surface area contributed by atoms with Gasteiger partial charge in [0, 0.05) is 12.4 Å². The standard InChI is InChI=1S/C7H12N2O5/c1-3(8)6(12)9-4(7(13)14)2-5(10)11/h3-4H,2,8H2,1H3,(H,9,12)(H,10,11)(H,13,14)/p-1/t3-,4-/m0/s1. The number of quaternary nitrogens is 1. The zero-order valence-corrected chi connectivity index (χ0v) is 7.61. The highest BCUT2D eigenvalue weighted by Crippen LogP contribution is 1.90. The summed E-state index contributed by atoms with van der Waals surface area (Å²) in [5, 5.41) is 22.4. The molecule has 0 radical (unpaired) electrons. The van der Waals surface area contributed by atoms with Crippen LogP contribution in [0.4, 0.5) is 0 Å². The minimum atomic E-state index is -1.66. The van der Waals surface area contributed by atoms with Gasteiger partial charge in [0.05, 0.1) is 12.0 Å². The first-order chi connectivity index (χ1) is 6.34. The summed E-state index contributed by atoms with van der Waals surface area (Å²) in [5.41, 5.74) is 3.34. The number of carbonyl (C=O) groups is 3. The molecule has 1 amide bonds. The molecule has 0 aromatic heterocycles. The molecule has 0 saturated carbocycles. The van der Waals surface area contributed by atoms with E-state index >= 15 is 0 Å². The van der Waals surface area contributed by atoms with Crippen LogP contribution in [-0.2, 0) is 14.4 Å². The van der Waals surface area contributed by atoms with Gasteiger partial charge in [-0.25, -0.2) is 0 Å². The highest BCUT2D eigenvalue weighted by atomic mass is 16.4. The number of nitrogens with one attached hydrogen (secondary N) is 1. The summed E-state index contributed by atoms with van der Waals surface area (Å²) >= 11 is 0. The van der Waals surface area contributed by atoms with E-state index in [0.717, 1.165) is 0 Å². The lowest BCUT2D eigenvalue weighted by atomic mass is 10.2. The molecule has 0 rings (SSSR count). The van der Waals surface area contributed by atoms with E-state index in [9.17, 15) is 24.6 Å². The number of carboxylic acids is 2. The molecule has 0 saturated heterocycles. The van der Waals surface area contributed by atoms with E-state index in [0.29, 0.717) is 0 Å². The predicted molar refractivity (Wildman–Crippen MR) is 38.9 cm³/mol. The first kappa shape index (κ1) is 12.4. The van der Waals surface area contributed by atoms with Gasteiger partial charge in [0.15, 0.2) is 6.04 Å². The zero-order chi connectivity index (χ0) is 11.3. The Balaban J connectivity index is 4.31. The van der Waals surface area contributed by atoms with Gasteiger partial charge in [-0.3, -0.25) is 4.79 Å². The van der Waals surface area contributed by atoms with Crippen LogP contribution in [0.15, 0.2) is 0 Å². The molecule has 0 fully saturated rings. The first-order valence-corrected chi connectivity index (χ1v) is 3.88. The molecule has 0 aromatic rings. The molecule has 0 heterocycles. The summed E-state index contributed by atoms with van der Waals surface area (Å²) in [6.07, 6.45) is -0.819. The predicted octanol–water partition coefficient (Wildman–Crippen LogP) is -5.01. The van der Waals surface area contributed by atoms with Gasteiger partial charge in [0.2, 0.25) is 0 Å². The van der Waals surface area contributed by atoms with Crippen LogP contribution in [0, 0.1) is 0 Å². The van der Waals surface area contributed by atoms with Crippen LogP contribution in [0.1, 0.15) is 13.3 Å². The average molecular weight is 203 g/mol. The summed E-state index contributed by atoms with van der Waals surface area (Å²) in [7, 11) is 0. The van der Waals surface area contributed by atoms with E-state index in [4.69, 9.17) is 0 Å². The van der Waals surface area contributed by atoms with E-state index < -0.39 is 36.4 Å². The van der Waals surface area contributed by atoms with Gasteiger partial charge in [0.25, 0.3) is 5.91 Å². The molecule has 80 valence electrons. The lowest BCUT2D eigenvalue weighted by Gasteiger charge is -2.20. The number of amides is 1. The van der Waals surface area contributed by atoms with Crippen molar-refractivity contribution in [2.75, 3.05) is 0 Å². The Morgan fingerprint density at radius 2 is 1.86 bits per heavy atom. The van der Waals surface area contributed by atoms with Crippen molar-refractivity contribution >= 4 is 17.8 Å². The topological polar surface area (TPSA) is 137 Å². The largest absolute Gasteiger partial charge is 0.550 e. The van der Waals surface area contributed by atoms with Crippen molar-refractivity contribution < 1.29 is 30.3 Å². The number of hydrogen-bond acceptors (Lipinski definition) is 5. The number of hydrogen-bond donors (Lipinski definition) is 2. The Morgan fingerprint density at radius 1 is 1.36 bits per heavy atom. The van der Waals surface area contributed by atoms with Gasteiger partial charge < -0.3 is 30.9 Å². The fraction of sp³-hybridized carbons (Fsp3) is 0.571. The molecule has 0 bridgehead atoms. The second kappa shape index (κ2) is 5.18. The number of carbonyl (C=O) groups excluding carboxylic acids is 3. The molecule has 0 unspecified atom stereocenters. The van der Waals surface area contributed by atoms with Crippen molar-refractivity contribution in [3.05, 3.63) is 0 Å². The van der Waals surface area contributed by atoms with E-state index in [1.165, 1.54) is 6.92 Å². The van der Waals surface area contributed by atoms with E-state index in [1.54, 1.807) is 0 Å². The third-order valence-corrected chi connectivity index (χ3v) is 1.42. The molecule has 7 nitrogen and oxygen atoms in total. The monoisotopic (exact) mass is 203 g/mol. The van der Waals surface area contributed by atoms with Crippen molar-refractivity contribution in [3.63, 3.8) is 0 Å². The molecule has 2 atom stereocenters. The summed E-state index contributed by atoms with van der Waals surface area (Å²) in [5.74, 6) is -3.89. The summed E-state index contributed by atoms with van der Waals surface area (Å²) in [4.78, 5) is 31.4. The highest BCUT2D eigenvalue weighted by molar-refractivity contribution is 5.87. The maximum absolute atomic E-state index is 11.0. The smallest absolute Gasteiger partial charge is 0.278 e. The van der Waals surface area contributed by atoms with Crippen molar-refractivity contribution in [3.8, 4) is 0 Å². The lowest BCUT2D eigenvalue weighted by Crippen LogP contribution is -2.67. The van der Waals surface area contributed by atoms with E-state index in [1.807, 2.05) is 5.32 Å². The molecule has 0 aliphatic heterocycles. The maximum atomic E-state index is 11.0. The van der Waals surface area contributed by atoms with Gasteiger partial charge in [-0.15, -0.1) is 0 Å². The zero-order valence-electron chi connectivity index (χ0n) is 7.61. The summed E-state index contributed by atoms with van der Waals surface area (Å²) in [6.45, 7) is 1.45. The first-order valence-electron chi connectivity index (χ1n) is 3.88. The Kier molecular flexibility index (Phi) is 4.57. The Labute approximate surface area is 79.9 Å². The van der Waals surface area contributed by atoms with Crippen LogP contribution >= 0.6 is 0 Å². The second-order valence-corrected chi connectivity index (χ2v) is 2.86. The molecule has 0 aromatic carbocycles. The van der Waals surface area contributed by atoms with Crippen molar-refractivity contribution in [1.29, 1.82) is 0 Å². The van der Waals surface area contributed by atoms with Crippen LogP contribution in [0.3, 0.4) is 0 Å². The molecule has 0 aliphatic carbocycles. The molecule has 14 heavy (non-hydrogen) atoms. The van der Waals surface area contributed by atoms with Gasteiger partial charge in [0.1, 0.15) is 0 Å². The van der Waals surface area contributed by atoms with E-state index in [2.05, 4.69) is 5.73 Å². The Morgan fingerprint density at radius 3 is 2.14 bits per heavy atom. The van der Waals surface area contributed by atoms with Crippen LogP contribution in [0.2, 0.25) is 0 Å². The molecule has 4 N–H and O–H groups in total. The minimum absolute atomic E-state index is 0.652. The number of carboxylic acid groups (broad SMARTS) is 2. The van der Waals surface area contributed by atoms with Crippen LogP contribution in [0.25, 0.3) is 0 Å². The lowest BCUT2D eigenvalue weighted by molar-refractivity contribution is -0.398. The molecular formula is C7H11N2O5-. The highest BCUT2D eigenvalue weighted by Gasteiger charge is 2.17. The average Bonchev–Trinajstić information content (AvgIpc) is 2.01.